The highest BCUT2D eigenvalue weighted by Crippen LogP contribution is 2.23. The molecule has 3 rings (SSSR count). The Bertz CT molecular complexity index is 808. The Kier molecular flexibility index (Phi) is 2.19. The average Bonchev–Trinajstić information content (AvgIpc) is 2.67. The third-order valence-corrected chi connectivity index (χ3v) is 2.82. The molecular weight excluding hydrogens is 232 g/mol. The summed E-state index contributed by atoms with van der Waals surface area (Å²) in [5.41, 5.74) is 1.46. The van der Waals surface area contributed by atoms with Crippen LogP contribution in [0.15, 0.2) is 41.3 Å². The molecule has 0 radical (unpaired) electrons. The summed E-state index contributed by atoms with van der Waals surface area (Å²) in [6, 6.07) is 7.94. The Hall–Kier alpha value is -2.56. The van der Waals surface area contributed by atoms with E-state index in [1.807, 2.05) is 6.07 Å². The fraction of sp³-hybridized carbons (Fsp3) is 0.0769. The first-order valence-electron chi connectivity index (χ1n) is 5.39. The molecule has 5 nitrogen and oxygen atoms in total. The molecule has 3 aromatic rings. The second-order valence-electron chi connectivity index (χ2n) is 3.88. The van der Waals surface area contributed by atoms with Gasteiger partial charge in [0.15, 0.2) is 17.1 Å². The van der Waals surface area contributed by atoms with Gasteiger partial charge in [-0.05, 0) is 24.3 Å². The van der Waals surface area contributed by atoms with Crippen LogP contribution >= 0.6 is 0 Å². The molecule has 0 aliphatic rings. The van der Waals surface area contributed by atoms with E-state index < -0.39 is 5.43 Å². The number of pyridine rings is 1. The van der Waals surface area contributed by atoms with E-state index in [4.69, 9.17) is 4.74 Å². The average molecular weight is 242 g/mol. The number of ether oxygens (including phenoxy) is 1. The molecule has 18 heavy (non-hydrogen) atoms. The summed E-state index contributed by atoms with van der Waals surface area (Å²) in [5.74, 6) is 0.345. The van der Waals surface area contributed by atoms with E-state index in [0.717, 1.165) is 0 Å². The molecule has 2 heterocycles. The lowest BCUT2D eigenvalue weighted by molar-refractivity contribution is 0.417. The molecule has 5 heteroatoms. The second-order valence-corrected chi connectivity index (χ2v) is 3.88. The molecule has 0 aliphatic carbocycles. The SMILES string of the molecule is COc1cccn2c1nc1ccc(O)c(=O)cc12. The first kappa shape index (κ1) is 10.6. The molecule has 2 aromatic heterocycles. The zero-order chi connectivity index (χ0) is 12.7. The van der Waals surface area contributed by atoms with Crippen LogP contribution in [0.5, 0.6) is 11.5 Å². The van der Waals surface area contributed by atoms with Crippen LogP contribution < -0.4 is 10.2 Å². The normalized spacial score (nSPS) is 10.9. The Balaban J connectivity index is 2.55. The maximum atomic E-state index is 11.6. The lowest BCUT2D eigenvalue weighted by Crippen LogP contribution is -1.94. The second kappa shape index (κ2) is 3.73. The van der Waals surface area contributed by atoms with Gasteiger partial charge in [-0.1, -0.05) is 0 Å². The van der Waals surface area contributed by atoms with Crippen molar-refractivity contribution in [3.05, 3.63) is 46.8 Å². The summed E-state index contributed by atoms with van der Waals surface area (Å²) in [5, 5.41) is 9.41. The number of nitrogens with zero attached hydrogens (tertiary/aromatic N) is 2. The van der Waals surface area contributed by atoms with Crippen molar-refractivity contribution < 1.29 is 9.84 Å². The molecule has 0 aliphatic heterocycles. The van der Waals surface area contributed by atoms with Crippen molar-refractivity contribution in [2.75, 3.05) is 7.11 Å². The molecular formula is C13H10N2O3. The van der Waals surface area contributed by atoms with Crippen LogP contribution in [0, 0.1) is 0 Å². The molecule has 0 saturated heterocycles. The molecule has 0 spiro atoms. The van der Waals surface area contributed by atoms with Crippen LogP contribution in [-0.4, -0.2) is 21.6 Å². The van der Waals surface area contributed by atoms with Gasteiger partial charge in [-0.25, -0.2) is 4.98 Å². The van der Waals surface area contributed by atoms with Crippen molar-refractivity contribution in [3.63, 3.8) is 0 Å². The number of hydrogen-bond acceptors (Lipinski definition) is 4. The Morgan fingerprint density at radius 3 is 2.94 bits per heavy atom. The highest BCUT2D eigenvalue weighted by molar-refractivity contribution is 5.82. The van der Waals surface area contributed by atoms with Gasteiger partial charge in [0.25, 0.3) is 0 Å². The van der Waals surface area contributed by atoms with Gasteiger partial charge in [-0.2, -0.15) is 0 Å². The minimum atomic E-state index is -0.436. The van der Waals surface area contributed by atoms with Gasteiger partial charge in [0.1, 0.15) is 0 Å². The number of rotatable bonds is 1. The van der Waals surface area contributed by atoms with E-state index in [2.05, 4.69) is 4.98 Å². The van der Waals surface area contributed by atoms with Crippen molar-refractivity contribution in [2.24, 2.45) is 0 Å². The Morgan fingerprint density at radius 2 is 2.17 bits per heavy atom. The molecule has 0 fully saturated rings. The summed E-state index contributed by atoms with van der Waals surface area (Å²) < 4.78 is 6.98. The van der Waals surface area contributed by atoms with E-state index in [1.54, 1.807) is 29.8 Å². The molecule has 1 aromatic carbocycles. The number of aromatic nitrogens is 2. The number of imidazole rings is 1. The van der Waals surface area contributed by atoms with Crippen LogP contribution in [0.3, 0.4) is 0 Å². The van der Waals surface area contributed by atoms with Gasteiger partial charge in [0, 0.05) is 12.3 Å². The van der Waals surface area contributed by atoms with Crippen molar-refractivity contribution in [1.82, 2.24) is 9.38 Å². The molecule has 0 amide bonds. The van der Waals surface area contributed by atoms with Gasteiger partial charge in [0.05, 0.1) is 18.1 Å². The van der Waals surface area contributed by atoms with Crippen LogP contribution in [0.1, 0.15) is 0 Å². The Labute approximate surface area is 102 Å². The highest BCUT2D eigenvalue weighted by Gasteiger charge is 2.08. The van der Waals surface area contributed by atoms with E-state index in [9.17, 15) is 9.90 Å². The summed E-state index contributed by atoms with van der Waals surface area (Å²) >= 11 is 0. The zero-order valence-corrected chi connectivity index (χ0v) is 9.62. The molecule has 0 saturated carbocycles. The largest absolute Gasteiger partial charge is 0.504 e. The zero-order valence-electron chi connectivity index (χ0n) is 9.62. The maximum Gasteiger partial charge on any atom is 0.222 e. The first-order valence-corrected chi connectivity index (χ1v) is 5.39. The Morgan fingerprint density at radius 1 is 1.33 bits per heavy atom. The summed E-state index contributed by atoms with van der Waals surface area (Å²) in [6.07, 6.45) is 1.80. The molecule has 0 unspecified atom stereocenters. The number of fused-ring (bicyclic) bond motifs is 3. The number of methoxy groups -OCH3 is 1. The van der Waals surface area contributed by atoms with Gasteiger partial charge in [0.2, 0.25) is 5.43 Å². The first-order chi connectivity index (χ1) is 8.70. The summed E-state index contributed by atoms with van der Waals surface area (Å²) in [6.45, 7) is 0. The minimum absolute atomic E-state index is 0.287. The standard InChI is InChI=1S/C13H10N2O3/c1-18-12-3-2-6-15-9-7-11(17)10(16)5-4-8(9)14-13(12)15/h2-7H,1H3,(H,16,17). The van der Waals surface area contributed by atoms with Gasteiger partial charge in [-0.3, -0.25) is 9.20 Å². The quantitative estimate of drug-likeness (QED) is 0.703. The third kappa shape index (κ3) is 1.41. The van der Waals surface area contributed by atoms with Crippen LogP contribution in [-0.2, 0) is 0 Å². The molecule has 0 bridgehead atoms. The minimum Gasteiger partial charge on any atom is -0.504 e. The maximum absolute atomic E-state index is 11.6. The predicted octanol–water partition coefficient (Wildman–Crippen LogP) is 1.56. The lowest BCUT2D eigenvalue weighted by atomic mass is 10.4. The lowest BCUT2D eigenvalue weighted by Gasteiger charge is -2.00. The fourth-order valence-corrected chi connectivity index (χ4v) is 1.94. The van der Waals surface area contributed by atoms with Crippen LogP contribution in [0.25, 0.3) is 16.7 Å². The van der Waals surface area contributed by atoms with Crippen molar-refractivity contribution in [1.29, 1.82) is 0 Å². The molecule has 90 valence electrons. The van der Waals surface area contributed by atoms with E-state index in [1.165, 1.54) is 12.1 Å². The number of aromatic hydroxyl groups is 1. The smallest absolute Gasteiger partial charge is 0.222 e. The van der Waals surface area contributed by atoms with E-state index in [0.29, 0.717) is 22.4 Å². The summed E-state index contributed by atoms with van der Waals surface area (Å²) in [7, 11) is 1.57. The monoisotopic (exact) mass is 242 g/mol. The van der Waals surface area contributed by atoms with Crippen molar-refractivity contribution >= 4 is 16.7 Å². The topological polar surface area (TPSA) is 63.8 Å². The molecule has 1 N–H and O–H groups in total. The van der Waals surface area contributed by atoms with Gasteiger partial charge < -0.3 is 9.84 Å². The van der Waals surface area contributed by atoms with Gasteiger partial charge in [-0.15, -0.1) is 0 Å². The van der Waals surface area contributed by atoms with Crippen LogP contribution in [0.2, 0.25) is 0 Å². The summed E-state index contributed by atoms with van der Waals surface area (Å²) in [4.78, 5) is 16.0. The fourth-order valence-electron chi connectivity index (χ4n) is 1.94. The van der Waals surface area contributed by atoms with Crippen LogP contribution in [0.4, 0.5) is 0 Å². The van der Waals surface area contributed by atoms with E-state index >= 15 is 0 Å². The molecule has 0 atom stereocenters. The van der Waals surface area contributed by atoms with Crippen molar-refractivity contribution in [2.45, 2.75) is 0 Å². The third-order valence-electron chi connectivity index (χ3n) is 2.82. The van der Waals surface area contributed by atoms with E-state index in [-0.39, 0.29) is 5.75 Å². The van der Waals surface area contributed by atoms with Gasteiger partial charge >= 0.3 is 0 Å². The number of hydrogen-bond donors (Lipinski definition) is 1. The van der Waals surface area contributed by atoms with Crippen molar-refractivity contribution in [3.8, 4) is 11.5 Å². The highest BCUT2D eigenvalue weighted by atomic mass is 16.5. The predicted molar refractivity (Wildman–Crippen MR) is 67.2 cm³/mol.